The van der Waals surface area contributed by atoms with Crippen LogP contribution in [-0.4, -0.2) is 11.8 Å². The fraction of sp³-hybridized carbons (Fsp3) is 0. The van der Waals surface area contributed by atoms with E-state index in [9.17, 15) is 14.0 Å². The van der Waals surface area contributed by atoms with Gasteiger partial charge in [0.2, 0.25) is 0 Å². The Morgan fingerprint density at radius 2 is 1.27 bits per heavy atom. The molecule has 3 rings (SSSR count). The maximum atomic E-state index is 13.4. The summed E-state index contributed by atoms with van der Waals surface area (Å²) in [5.41, 5.74) is 1.78. The molecule has 0 aliphatic heterocycles. The molecule has 2 N–H and O–H groups in total. The number of nitrogens with one attached hydrogen (secondary N) is 2. The quantitative estimate of drug-likeness (QED) is 0.682. The first kappa shape index (κ1) is 17.6. The van der Waals surface area contributed by atoms with Gasteiger partial charge in [-0.25, -0.2) is 4.39 Å². The lowest BCUT2D eigenvalue weighted by Crippen LogP contribution is -2.13. The summed E-state index contributed by atoms with van der Waals surface area (Å²) in [6.45, 7) is 0. The van der Waals surface area contributed by atoms with Crippen molar-refractivity contribution in [2.24, 2.45) is 0 Å². The average molecular weight is 369 g/mol. The zero-order valence-corrected chi connectivity index (χ0v) is 14.3. The highest BCUT2D eigenvalue weighted by molar-refractivity contribution is 6.30. The van der Waals surface area contributed by atoms with Gasteiger partial charge in [-0.1, -0.05) is 29.8 Å². The summed E-state index contributed by atoms with van der Waals surface area (Å²) in [6, 6.07) is 19.2. The van der Waals surface area contributed by atoms with Gasteiger partial charge in [-0.05, 0) is 54.6 Å². The monoisotopic (exact) mass is 368 g/mol. The van der Waals surface area contributed by atoms with Crippen LogP contribution in [0.5, 0.6) is 0 Å². The molecular formula is C20H14ClFN2O2. The fourth-order valence-electron chi connectivity index (χ4n) is 2.27. The summed E-state index contributed by atoms with van der Waals surface area (Å²) in [6.07, 6.45) is 0. The molecule has 26 heavy (non-hydrogen) atoms. The van der Waals surface area contributed by atoms with Crippen molar-refractivity contribution in [2.45, 2.75) is 0 Å². The minimum atomic E-state index is -0.608. The Kier molecular flexibility index (Phi) is 5.29. The van der Waals surface area contributed by atoms with Crippen LogP contribution in [0, 0.1) is 5.82 Å². The molecule has 0 radical (unpaired) electrons. The molecule has 0 heterocycles. The van der Waals surface area contributed by atoms with Crippen LogP contribution in [0.3, 0.4) is 0 Å². The molecule has 0 atom stereocenters. The van der Waals surface area contributed by atoms with E-state index >= 15 is 0 Å². The summed E-state index contributed by atoms with van der Waals surface area (Å²) in [5, 5.41) is 5.33. The topological polar surface area (TPSA) is 58.2 Å². The van der Waals surface area contributed by atoms with Crippen LogP contribution < -0.4 is 10.6 Å². The molecule has 0 aliphatic carbocycles. The molecule has 0 fully saturated rings. The first-order chi connectivity index (χ1) is 12.5. The second-order valence-corrected chi connectivity index (χ2v) is 5.89. The molecule has 4 nitrogen and oxygen atoms in total. The van der Waals surface area contributed by atoms with Crippen LogP contribution in [0.4, 0.5) is 15.8 Å². The third kappa shape index (κ3) is 4.26. The van der Waals surface area contributed by atoms with Crippen molar-refractivity contribution in [1.29, 1.82) is 0 Å². The number of rotatable bonds is 4. The number of hydrogen-bond donors (Lipinski definition) is 2. The van der Waals surface area contributed by atoms with Gasteiger partial charge in [-0.2, -0.15) is 0 Å². The SMILES string of the molecule is O=C(Nc1ccc(C(=O)Nc2ccc(Cl)c(F)c2)cc1)c1ccccc1. The number of carbonyl (C=O) groups excluding carboxylic acids is 2. The second kappa shape index (κ2) is 7.80. The maximum absolute atomic E-state index is 13.4. The number of amides is 2. The Morgan fingerprint density at radius 3 is 1.88 bits per heavy atom. The van der Waals surface area contributed by atoms with Crippen molar-refractivity contribution in [1.82, 2.24) is 0 Å². The van der Waals surface area contributed by atoms with Crippen LogP contribution in [0.15, 0.2) is 72.8 Å². The van der Waals surface area contributed by atoms with E-state index in [1.165, 1.54) is 12.1 Å². The summed E-state index contributed by atoms with van der Waals surface area (Å²) < 4.78 is 13.4. The van der Waals surface area contributed by atoms with Gasteiger partial charge in [0, 0.05) is 22.5 Å². The summed E-state index contributed by atoms with van der Waals surface area (Å²) >= 11 is 5.62. The third-order valence-electron chi connectivity index (χ3n) is 3.62. The van der Waals surface area contributed by atoms with Gasteiger partial charge in [0.25, 0.3) is 11.8 Å². The summed E-state index contributed by atoms with van der Waals surface area (Å²) in [4.78, 5) is 24.3. The Bertz CT molecular complexity index is 944. The molecule has 0 aliphatic rings. The molecule has 0 spiro atoms. The van der Waals surface area contributed by atoms with E-state index < -0.39 is 11.7 Å². The highest BCUT2D eigenvalue weighted by Crippen LogP contribution is 2.19. The molecular weight excluding hydrogens is 355 g/mol. The summed E-state index contributed by atoms with van der Waals surface area (Å²) in [7, 11) is 0. The van der Waals surface area contributed by atoms with Gasteiger partial charge in [0.1, 0.15) is 5.82 Å². The van der Waals surface area contributed by atoms with Crippen molar-refractivity contribution >= 4 is 34.8 Å². The zero-order chi connectivity index (χ0) is 18.5. The Balaban J connectivity index is 1.66. The van der Waals surface area contributed by atoms with E-state index in [-0.39, 0.29) is 10.9 Å². The Hall–Kier alpha value is -3.18. The smallest absolute Gasteiger partial charge is 0.255 e. The lowest BCUT2D eigenvalue weighted by Gasteiger charge is -2.08. The number of benzene rings is 3. The molecule has 6 heteroatoms. The van der Waals surface area contributed by atoms with Gasteiger partial charge in [-0.3, -0.25) is 9.59 Å². The Labute approximate surface area is 154 Å². The normalized spacial score (nSPS) is 10.2. The molecule has 0 saturated heterocycles. The molecule has 130 valence electrons. The van der Waals surface area contributed by atoms with Crippen LogP contribution in [0.2, 0.25) is 5.02 Å². The van der Waals surface area contributed by atoms with Crippen LogP contribution in [0.1, 0.15) is 20.7 Å². The van der Waals surface area contributed by atoms with Gasteiger partial charge in [-0.15, -0.1) is 0 Å². The van der Waals surface area contributed by atoms with Crippen molar-refractivity contribution in [3.05, 3.63) is 94.8 Å². The fourth-order valence-corrected chi connectivity index (χ4v) is 2.39. The van der Waals surface area contributed by atoms with Crippen LogP contribution in [0.25, 0.3) is 0 Å². The number of anilines is 2. The first-order valence-corrected chi connectivity index (χ1v) is 8.13. The largest absolute Gasteiger partial charge is 0.322 e. The zero-order valence-electron chi connectivity index (χ0n) is 13.5. The highest BCUT2D eigenvalue weighted by atomic mass is 35.5. The molecule has 0 saturated carbocycles. The average Bonchev–Trinajstić information content (AvgIpc) is 2.66. The third-order valence-corrected chi connectivity index (χ3v) is 3.92. The number of carbonyl (C=O) groups is 2. The number of hydrogen-bond acceptors (Lipinski definition) is 2. The minimum Gasteiger partial charge on any atom is -0.322 e. The number of halogens is 2. The molecule has 0 aromatic heterocycles. The lowest BCUT2D eigenvalue weighted by atomic mass is 10.1. The van der Waals surface area contributed by atoms with E-state index in [4.69, 9.17) is 11.6 Å². The second-order valence-electron chi connectivity index (χ2n) is 5.48. The van der Waals surface area contributed by atoms with Crippen molar-refractivity contribution in [3.8, 4) is 0 Å². The predicted molar refractivity (Wildman–Crippen MR) is 100 cm³/mol. The van der Waals surface area contributed by atoms with Gasteiger partial charge in [0.05, 0.1) is 5.02 Å². The lowest BCUT2D eigenvalue weighted by molar-refractivity contribution is 0.102. The maximum Gasteiger partial charge on any atom is 0.255 e. The van der Waals surface area contributed by atoms with Crippen LogP contribution in [-0.2, 0) is 0 Å². The van der Waals surface area contributed by atoms with E-state index in [2.05, 4.69) is 10.6 Å². The van der Waals surface area contributed by atoms with Gasteiger partial charge in [0.15, 0.2) is 0 Å². The van der Waals surface area contributed by atoms with Crippen LogP contribution >= 0.6 is 11.6 Å². The van der Waals surface area contributed by atoms with E-state index in [0.29, 0.717) is 22.5 Å². The van der Waals surface area contributed by atoms with Gasteiger partial charge >= 0.3 is 0 Å². The van der Waals surface area contributed by atoms with E-state index in [1.807, 2.05) is 6.07 Å². The van der Waals surface area contributed by atoms with Gasteiger partial charge < -0.3 is 10.6 Å². The Morgan fingerprint density at radius 1 is 0.731 bits per heavy atom. The molecule has 3 aromatic rings. The molecule has 0 bridgehead atoms. The predicted octanol–water partition coefficient (Wildman–Crippen LogP) is 4.98. The van der Waals surface area contributed by atoms with Crippen molar-refractivity contribution in [3.63, 3.8) is 0 Å². The molecule has 0 unspecified atom stereocenters. The molecule has 3 aromatic carbocycles. The standard InChI is InChI=1S/C20H14ClFN2O2/c21-17-11-10-16(12-18(17)22)24-20(26)14-6-8-15(9-7-14)23-19(25)13-4-2-1-3-5-13/h1-12H,(H,23,25)(H,24,26). The summed E-state index contributed by atoms with van der Waals surface area (Å²) in [5.74, 6) is -1.24. The van der Waals surface area contributed by atoms with Crippen molar-refractivity contribution in [2.75, 3.05) is 10.6 Å². The van der Waals surface area contributed by atoms with E-state index in [0.717, 1.165) is 6.07 Å². The molecule has 2 amide bonds. The van der Waals surface area contributed by atoms with Crippen molar-refractivity contribution < 1.29 is 14.0 Å². The minimum absolute atomic E-state index is 0.0125. The first-order valence-electron chi connectivity index (χ1n) is 7.76. The van der Waals surface area contributed by atoms with E-state index in [1.54, 1.807) is 48.5 Å². The highest BCUT2D eigenvalue weighted by Gasteiger charge is 2.09.